The summed E-state index contributed by atoms with van der Waals surface area (Å²) < 4.78 is 11.1. The molecule has 0 aliphatic heterocycles. The molecule has 0 aliphatic rings. The van der Waals surface area contributed by atoms with Gasteiger partial charge >= 0.3 is 29.6 Å². The number of hydrogen-bond acceptors (Lipinski definition) is 6. The molecule has 2 aromatic carbocycles. The first kappa shape index (κ1) is 27.8. The minimum absolute atomic E-state index is 0. The third-order valence-electron chi connectivity index (χ3n) is 4.65. The van der Waals surface area contributed by atoms with Crippen molar-refractivity contribution in [1.29, 1.82) is 0 Å². The van der Waals surface area contributed by atoms with Crippen molar-refractivity contribution in [3.8, 4) is 11.5 Å². The van der Waals surface area contributed by atoms with E-state index in [9.17, 15) is 9.90 Å². The van der Waals surface area contributed by atoms with Crippen LogP contribution < -0.4 is 44.1 Å². The molecule has 0 saturated heterocycles. The molecule has 33 heavy (non-hydrogen) atoms. The van der Waals surface area contributed by atoms with Gasteiger partial charge in [0, 0.05) is 23.0 Å². The number of carbonyl (C=O) groups excluding carboxylic acids is 1. The van der Waals surface area contributed by atoms with Gasteiger partial charge < -0.3 is 19.4 Å². The van der Waals surface area contributed by atoms with E-state index in [1.807, 2.05) is 36.4 Å². The van der Waals surface area contributed by atoms with E-state index in [-0.39, 0.29) is 42.4 Å². The van der Waals surface area contributed by atoms with Crippen molar-refractivity contribution < 1.29 is 48.9 Å². The molecule has 0 saturated carbocycles. The summed E-state index contributed by atoms with van der Waals surface area (Å²) in [6, 6.07) is 16.8. The monoisotopic (exact) mass is 513 g/mol. The van der Waals surface area contributed by atoms with Gasteiger partial charge in [0.1, 0.15) is 11.5 Å². The second kappa shape index (κ2) is 14.1. The molecule has 0 bridgehead atoms. The van der Waals surface area contributed by atoms with Gasteiger partial charge in [0.05, 0.1) is 35.1 Å². The molecule has 0 N–H and O–H groups in total. The third-order valence-corrected chi connectivity index (χ3v) is 6.67. The van der Waals surface area contributed by atoms with Crippen molar-refractivity contribution >= 4 is 40.9 Å². The average molecular weight is 514 g/mol. The number of aromatic nitrogens is 1. The van der Waals surface area contributed by atoms with E-state index >= 15 is 0 Å². The maximum Gasteiger partial charge on any atom is 1.00 e. The van der Waals surface area contributed by atoms with E-state index in [1.54, 1.807) is 25.3 Å². The molecule has 1 aromatic heterocycles. The number of thioether (sulfide) groups is 1. The van der Waals surface area contributed by atoms with Gasteiger partial charge in [0.2, 0.25) is 0 Å². The normalized spacial score (nSPS) is 10.4. The molecule has 0 amide bonds. The number of carboxylic acids is 1. The maximum atomic E-state index is 11.0. The average Bonchev–Trinajstić information content (AvgIpc) is 2.78. The molecule has 5 nitrogen and oxygen atoms in total. The summed E-state index contributed by atoms with van der Waals surface area (Å²) in [5, 5.41) is 12.1. The van der Waals surface area contributed by atoms with E-state index in [0.717, 1.165) is 21.9 Å². The number of benzene rings is 2. The Labute approximate surface area is 230 Å². The fraction of sp³-hybridized carbons (Fsp3) is 0.250. The van der Waals surface area contributed by atoms with Crippen molar-refractivity contribution in [2.24, 2.45) is 0 Å². The quantitative estimate of drug-likeness (QED) is 0.288. The van der Waals surface area contributed by atoms with E-state index in [1.165, 1.54) is 11.8 Å². The first-order chi connectivity index (χ1) is 15.5. The van der Waals surface area contributed by atoms with Crippen LogP contribution >= 0.6 is 35.0 Å². The van der Waals surface area contributed by atoms with Gasteiger partial charge in [-0.05, 0) is 54.8 Å². The molecular weight excluding hydrogens is 492 g/mol. The number of halogens is 2. The van der Waals surface area contributed by atoms with Gasteiger partial charge in [-0.15, -0.1) is 11.8 Å². The Balaban J connectivity index is 0.00000385. The summed E-state index contributed by atoms with van der Waals surface area (Å²) in [7, 11) is 1.63. The predicted octanol–water partition coefficient (Wildman–Crippen LogP) is 2.00. The molecule has 9 heteroatoms. The SMILES string of the molecule is COc1ccc(CCOc2ccc(CSc3c(Cl)cccc3Cl)nc2CCC(=O)[O-])cc1.[Na+]. The first-order valence-corrected chi connectivity index (χ1v) is 11.7. The van der Waals surface area contributed by atoms with Crippen LogP contribution in [0.4, 0.5) is 0 Å². The first-order valence-electron chi connectivity index (χ1n) is 9.97. The summed E-state index contributed by atoms with van der Waals surface area (Å²) in [5.74, 6) is 0.784. The minimum Gasteiger partial charge on any atom is -0.550 e. The van der Waals surface area contributed by atoms with E-state index < -0.39 is 5.97 Å². The number of carboxylic acid groups (broad SMARTS) is 1. The Hall–Kier alpha value is -1.41. The number of ether oxygens (including phenoxy) is 2. The predicted molar refractivity (Wildman–Crippen MR) is 126 cm³/mol. The summed E-state index contributed by atoms with van der Waals surface area (Å²) in [6.45, 7) is 0.440. The second-order valence-electron chi connectivity index (χ2n) is 6.91. The summed E-state index contributed by atoms with van der Waals surface area (Å²) in [6.07, 6.45) is 0.798. The van der Waals surface area contributed by atoms with Crippen molar-refractivity contribution in [3.63, 3.8) is 0 Å². The number of pyridine rings is 1. The fourth-order valence-electron chi connectivity index (χ4n) is 2.98. The molecule has 168 valence electrons. The molecule has 3 aromatic rings. The van der Waals surface area contributed by atoms with Crippen LogP contribution in [-0.2, 0) is 23.4 Å². The van der Waals surface area contributed by atoms with E-state index in [4.69, 9.17) is 32.7 Å². The Morgan fingerprint density at radius 1 is 1.03 bits per heavy atom. The van der Waals surface area contributed by atoms with Crippen LogP contribution in [0.2, 0.25) is 10.0 Å². The van der Waals surface area contributed by atoms with Crippen LogP contribution in [0, 0.1) is 0 Å². The topological polar surface area (TPSA) is 71.5 Å². The number of aliphatic carboxylic acids is 1. The maximum absolute atomic E-state index is 11.0. The number of nitrogens with zero attached hydrogens (tertiary/aromatic N) is 1. The number of aryl methyl sites for hydroxylation is 1. The van der Waals surface area contributed by atoms with Gasteiger partial charge in [-0.25, -0.2) is 0 Å². The Bertz CT molecular complexity index is 1050. The van der Waals surface area contributed by atoms with Crippen molar-refractivity contribution in [2.75, 3.05) is 13.7 Å². The van der Waals surface area contributed by atoms with E-state index in [0.29, 0.717) is 40.3 Å². The van der Waals surface area contributed by atoms with Crippen LogP contribution in [0.25, 0.3) is 0 Å². The van der Waals surface area contributed by atoms with Gasteiger partial charge in [-0.3, -0.25) is 4.98 Å². The van der Waals surface area contributed by atoms with Crippen LogP contribution in [0.3, 0.4) is 0 Å². The molecule has 0 fully saturated rings. The van der Waals surface area contributed by atoms with Gasteiger partial charge in [-0.2, -0.15) is 0 Å². The van der Waals surface area contributed by atoms with E-state index in [2.05, 4.69) is 4.98 Å². The molecule has 0 unspecified atom stereocenters. The zero-order valence-corrected chi connectivity index (χ0v) is 22.8. The number of carbonyl (C=O) groups is 1. The zero-order valence-electron chi connectivity index (χ0n) is 18.5. The zero-order chi connectivity index (χ0) is 22.9. The largest absolute Gasteiger partial charge is 1.00 e. The summed E-state index contributed by atoms with van der Waals surface area (Å²) in [5.41, 5.74) is 2.48. The third kappa shape index (κ3) is 8.71. The molecule has 0 atom stereocenters. The van der Waals surface area contributed by atoms with Gasteiger partial charge in [0.15, 0.2) is 0 Å². The standard InChI is InChI=1S/C24H23Cl2NO4S.Na/c1-30-18-8-5-16(6-9-18)13-14-31-22-11-7-17(27-21(22)10-12-23(28)29)15-32-24-19(25)3-2-4-20(24)26;/h2-9,11H,10,12-15H2,1H3,(H,28,29);/q;+1/p-1. The summed E-state index contributed by atoms with van der Waals surface area (Å²) in [4.78, 5) is 16.4. The second-order valence-corrected chi connectivity index (χ2v) is 8.71. The fourth-order valence-corrected chi connectivity index (χ4v) is 4.57. The molecular formula is C24H22Cl2NNaO4S. The van der Waals surface area contributed by atoms with Crippen molar-refractivity contribution in [2.45, 2.75) is 29.9 Å². The van der Waals surface area contributed by atoms with Crippen LogP contribution in [0.15, 0.2) is 59.5 Å². The van der Waals surface area contributed by atoms with Crippen molar-refractivity contribution in [3.05, 3.63) is 81.6 Å². The number of methoxy groups -OCH3 is 1. The van der Waals surface area contributed by atoms with Gasteiger partial charge in [0.25, 0.3) is 0 Å². The van der Waals surface area contributed by atoms with Gasteiger partial charge in [-0.1, -0.05) is 41.4 Å². The molecule has 0 aliphatic carbocycles. The minimum atomic E-state index is -1.13. The molecule has 0 spiro atoms. The van der Waals surface area contributed by atoms with Crippen LogP contribution in [0.1, 0.15) is 23.4 Å². The smallest absolute Gasteiger partial charge is 0.550 e. The number of rotatable bonds is 11. The Kier molecular flexibility index (Phi) is 11.9. The molecule has 0 radical (unpaired) electrons. The Morgan fingerprint density at radius 2 is 1.73 bits per heavy atom. The van der Waals surface area contributed by atoms with Crippen molar-refractivity contribution in [1.82, 2.24) is 4.98 Å². The Morgan fingerprint density at radius 3 is 2.36 bits per heavy atom. The van der Waals surface area contributed by atoms with Crippen LogP contribution in [0.5, 0.6) is 11.5 Å². The summed E-state index contributed by atoms with van der Waals surface area (Å²) >= 11 is 14.0. The molecule has 3 rings (SSSR count). The number of hydrogen-bond donors (Lipinski definition) is 0. The van der Waals surface area contributed by atoms with Crippen LogP contribution in [-0.4, -0.2) is 24.7 Å². The molecule has 1 heterocycles.